The first-order chi connectivity index (χ1) is 15.1. The van der Waals surface area contributed by atoms with Gasteiger partial charge >= 0.3 is 0 Å². The number of unbranched alkanes of at least 4 members (excludes halogenated alkanes) is 2. The van der Waals surface area contributed by atoms with Gasteiger partial charge in [-0.25, -0.2) is 0 Å². The monoisotopic (exact) mass is 426 g/mol. The van der Waals surface area contributed by atoms with Crippen molar-refractivity contribution in [3.8, 4) is 11.5 Å². The molecule has 0 atom stereocenters. The van der Waals surface area contributed by atoms with Crippen LogP contribution in [0.25, 0.3) is 0 Å². The summed E-state index contributed by atoms with van der Waals surface area (Å²) in [7, 11) is 0. The zero-order chi connectivity index (χ0) is 22.3. The fourth-order valence-electron chi connectivity index (χ4n) is 2.79. The van der Waals surface area contributed by atoms with E-state index in [9.17, 15) is 9.59 Å². The highest BCUT2D eigenvalue weighted by Crippen LogP contribution is 2.18. The third kappa shape index (κ3) is 10.0. The molecule has 2 aromatic carbocycles. The maximum Gasteiger partial charge on any atom is 0.224 e. The Hall–Kier alpha value is -3.02. The first-order valence-electron chi connectivity index (χ1n) is 11.2. The van der Waals surface area contributed by atoms with Crippen LogP contribution in [0, 0.1) is 0 Å². The van der Waals surface area contributed by atoms with Gasteiger partial charge in [0.15, 0.2) is 0 Å². The van der Waals surface area contributed by atoms with Crippen LogP contribution in [-0.4, -0.2) is 25.0 Å². The second kappa shape index (κ2) is 14.1. The molecule has 2 N–H and O–H groups in total. The van der Waals surface area contributed by atoms with Crippen molar-refractivity contribution in [1.82, 2.24) is 0 Å². The van der Waals surface area contributed by atoms with Crippen molar-refractivity contribution in [2.75, 3.05) is 23.8 Å². The van der Waals surface area contributed by atoms with E-state index in [4.69, 9.17) is 9.47 Å². The van der Waals surface area contributed by atoms with Gasteiger partial charge in [-0.2, -0.15) is 0 Å². The molecule has 6 heteroatoms. The van der Waals surface area contributed by atoms with Crippen LogP contribution in [0.15, 0.2) is 48.5 Å². The molecule has 2 rings (SSSR count). The molecule has 0 unspecified atom stereocenters. The van der Waals surface area contributed by atoms with E-state index >= 15 is 0 Å². The molecule has 0 fully saturated rings. The Labute approximate surface area is 185 Å². The van der Waals surface area contributed by atoms with Crippen molar-refractivity contribution < 1.29 is 19.1 Å². The molecular weight excluding hydrogens is 392 g/mol. The van der Waals surface area contributed by atoms with Crippen LogP contribution < -0.4 is 20.1 Å². The summed E-state index contributed by atoms with van der Waals surface area (Å²) in [6.45, 7) is 5.63. The standard InChI is InChI=1S/C25H34N2O4/c1-3-5-18-30-22-14-10-20(11-15-22)26-24(28)8-7-9-25(29)27-21-12-16-23(17-13-21)31-19-6-4-2/h10-17H,3-9,18-19H2,1-2H3,(H,26,28)(H,27,29). The van der Waals surface area contributed by atoms with Crippen molar-refractivity contribution in [3.63, 3.8) is 0 Å². The lowest BCUT2D eigenvalue weighted by molar-refractivity contribution is -0.117. The Morgan fingerprint density at radius 2 is 1.03 bits per heavy atom. The predicted octanol–water partition coefficient (Wildman–Crippen LogP) is 5.79. The minimum absolute atomic E-state index is 0.110. The normalized spacial score (nSPS) is 10.4. The molecule has 31 heavy (non-hydrogen) atoms. The van der Waals surface area contributed by atoms with Gasteiger partial charge in [-0.3, -0.25) is 9.59 Å². The Morgan fingerprint density at radius 3 is 1.39 bits per heavy atom. The number of hydrogen-bond acceptors (Lipinski definition) is 4. The molecule has 0 saturated carbocycles. The molecule has 0 radical (unpaired) electrons. The number of ether oxygens (including phenoxy) is 2. The Bertz CT molecular complexity index is 721. The van der Waals surface area contributed by atoms with Gasteiger partial charge in [0.05, 0.1) is 13.2 Å². The van der Waals surface area contributed by atoms with Crippen LogP contribution in [0.3, 0.4) is 0 Å². The lowest BCUT2D eigenvalue weighted by atomic mass is 10.2. The Balaban J connectivity index is 1.64. The molecule has 6 nitrogen and oxygen atoms in total. The van der Waals surface area contributed by atoms with Crippen molar-refractivity contribution in [2.24, 2.45) is 0 Å². The van der Waals surface area contributed by atoms with Crippen LogP contribution in [0.1, 0.15) is 58.8 Å². The molecule has 2 aromatic rings. The highest BCUT2D eigenvalue weighted by molar-refractivity contribution is 5.93. The van der Waals surface area contributed by atoms with E-state index in [-0.39, 0.29) is 24.7 Å². The molecule has 0 aromatic heterocycles. The van der Waals surface area contributed by atoms with Gasteiger partial charge in [-0.1, -0.05) is 26.7 Å². The molecule has 0 aliphatic rings. The van der Waals surface area contributed by atoms with Gasteiger partial charge in [-0.15, -0.1) is 0 Å². The zero-order valence-electron chi connectivity index (χ0n) is 18.6. The number of carbonyl (C=O) groups is 2. The first-order valence-corrected chi connectivity index (χ1v) is 11.2. The fraction of sp³-hybridized carbons (Fsp3) is 0.440. The van der Waals surface area contributed by atoms with E-state index in [0.717, 1.165) is 48.6 Å². The van der Waals surface area contributed by atoms with Crippen LogP contribution >= 0.6 is 0 Å². The minimum atomic E-state index is -0.110. The molecular formula is C25H34N2O4. The van der Waals surface area contributed by atoms with Crippen molar-refractivity contribution in [3.05, 3.63) is 48.5 Å². The Morgan fingerprint density at radius 1 is 0.645 bits per heavy atom. The largest absolute Gasteiger partial charge is 0.494 e. The number of amides is 2. The summed E-state index contributed by atoms with van der Waals surface area (Å²) in [5.74, 6) is 1.37. The molecule has 0 bridgehead atoms. The fourth-order valence-corrected chi connectivity index (χ4v) is 2.79. The maximum atomic E-state index is 12.1. The molecule has 0 aliphatic heterocycles. The average Bonchev–Trinajstić information content (AvgIpc) is 2.76. The first kappa shape index (κ1) is 24.3. The molecule has 2 amide bonds. The quantitative estimate of drug-likeness (QED) is 0.375. The van der Waals surface area contributed by atoms with E-state index in [1.54, 1.807) is 0 Å². The third-order valence-corrected chi connectivity index (χ3v) is 4.62. The molecule has 0 aliphatic carbocycles. The number of nitrogens with one attached hydrogen (secondary N) is 2. The van der Waals surface area contributed by atoms with Crippen molar-refractivity contribution in [1.29, 1.82) is 0 Å². The van der Waals surface area contributed by atoms with E-state index < -0.39 is 0 Å². The van der Waals surface area contributed by atoms with E-state index in [0.29, 0.717) is 19.6 Å². The highest BCUT2D eigenvalue weighted by atomic mass is 16.5. The predicted molar refractivity (Wildman–Crippen MR) is 125 cm³/mol. The SMILES string of the molecule is CCCCOc1ccc(NC(=O)CCCC(=O)Nc2ccc(OCCCC)cc2)cc1. The van der Waals surface area contributed by atoms with Gasteiger partial charge in [0, 0.05) is 24.2 Å². The van der Waals surface area contributed by atoms with Crippen LogP contribution in [0.4, 0.5) is 11.4 Å². The van der Waals surface area contributed by atoms with Gasteiger partial charge in [0.1, 0.15) is 11.5 Å². The van der Waals surface area contributed by atoms with Crippen molar-refractivity contribution in [2.45, 2.75) is 58.8 Å². The Kier molecular flexibility index (Phi) is 11.0. The van der Waals surface area contributed by atoms with Gasteiger partial charge in [0.2, 0.25) is 11.8 Å². The van der Waals surface area contributed by atoms with Crippen LogP contribution in [-0.2, 0) is 9.59 Å². The smallest absolute Gasteiger partial charge is 0.224 e. The van der Waals surface area contributed by atoms with Gasteiger partial charge in [-0.05, 0) is 67.8 Å². The van der Waals surface area contributed by atoms with E-state index in [1.807, 2.05) is 48.5 Å². The second-order valence-corrected chi connectivity index (χ2v) is 7.40. The molecule has 0 saturated heterocycles. The van der Waals surface area contributed by atoms with E-state index in [2.05, 4.69) is 24.5 Å². The summed E-state index contributed by atoms with van der Waals surface area (Å²) in [6.07, 6.45) is 5.27. The zero-order valence-corrected chi connectivity index (χ0v) is 18.6. The van der Waals surface area contributed by atoms with Crippen LogP contribution in [0.5, 0.6) is 11.5 Å². The lowest BCUT2D eigenvalue weighted by Crippen LogP contribution is -2.14. The summed E-state index contributed by atoms with van der Waals surface area (Å²) >= 11 is 0. The third-order valence-electron chi connectivity index (χ3n) is 4.62. The van der Waals surface area contributed by atoms with Crippen LogP contribution in [0.2, 0.25) is 0 Å². The summed E-state index contributed by atoms with van der Waals surface area (Å²) in [4.78, 5) is 24.2. The number of carbonyl (C=O) groups excluding carboxylic acids is 2. The van der Waals surface area contributed by atoms with Gasteiger partial charge < -0.3 is 20.1 Å². The van der Waals surface area contributed by atoms with E-state index in [1.165, 1.54) is 0 Å². The summed E-state index contributed by atoms with van der Waals surface area (Å²) in [5, 5.41) is 5.69. The van der Waals surface area contributed by atoms with Gasteiger partial charge in [0.25, 0.3) is 0 Å². The number of hydrogen-bond donors (Lipinski definition) is 2. The van der Waals surface area contributed by atoms with Crippen molar-refractivity contribution >= 4 is 23.2 Å². The summed E-state index contributed by atoms with van der Waals surface area (Å²) in [5.41, 5.74) is 1.44. The second-order valence-electron chi connectivity index (χ2n) is 7.40. The topological polar surface area (TPSA) is 76.7 Å². The number of anilines is 2. The number of benzene rings is 2. The molecule has 0 heterocycles. The average molecular weight is 427 g/mol. The maximum absolute atomic E-state index is 12.1. The summed E-state index contributed by atoms with van der Waals surface area (Å²) < 4.78 is 11.2. The lowest BCUT2D eigenvalue weighted by Gasteiger charge is -2.09. The molecule has 0 spiro atoms. The minimum Gasteiger partial charge on any atom is -0.494 e. The highest BCUT2D eigenvalue weighted by Gasteiger charge is 2.07. The number of rotatable bonds is 14. The summed E-state index contributed by atoms with van der Waals surface area (Å²) in [6, 6.07) is 14.7. The molecule has 168 valence electrons.